The molecule has 1 fully saturated rings. The van der Waals surface area contributed by atoms with E-state index in [4.69, 9.17) is 11.6 Å². The lowest BCUT2D eigenvalue weighted by Crippen LogP contribution is -2.47. The van der Waals surface area contributed by atoms with E-state index in [9.17, 15) is 14.7 Å². The number of benzene rings is 2. The van der Waals surface area contributed by atoms with Crippen molar-refractivity contribution in [2.75, 3.05) is 6.54 Å². The molecular formula is C20H21ClN2O3. The molecule has 136 valence electrons. The van der Waals surface area contributed by atoms with E-state index in [2.05, 4.69) is 10.6 Å². The lowest BCUT2D eigenvalue weighted by atomic mass is 9.88. The van der Waals surface area contributed by atoms with Gasteiger partial charge < -0.3 is 15.7 Å². The summed E-state index contributed by atoms with van der Waals surface area (Å²) in [7, 11) is 0. The van der Waals surface area contributed by atoms with Crippen LogP contribution in [0.3, 0.4) is 0 Å². The first-order chi connectivity index (χ1) is 12.5. The van der Waals surface area contributed by atoms with Gasteiger partial charge in [-0.2, -0.15) is 0 Å². The van der Waals surface area contributed by atoms with Crippen LogP contribution < -0.4 is 10.6 Å². The van der Waals surface area contributed by atoms with E-state index in [0.29, 0.717) is 5.02 Å². The second-order valence-corrected chi connectivity index (χ2v) is 6.93. The van der Waals surface area contributed by atoms with Gasteiger partial charge in [0.15, 0.2) is 0 Å². The van der Waals surface area contributed by atoms with Gasteiger partial charge in [0.2, 0.25) is 0 Å². The van der Waals surface area contributed by atoms with Gasteiger partial charge in [0.25, 0.3) is 0 Å². The summed E-state index contributed by atoms with van der Waals surface area (Å²) >= 11 is 6.03. The Hall–Kier alpha value is -2.37. The van der Waals surface area contributed by atoms with Gasteiger partial charge in [-0.15, -0.1) is 0 Å². The van der Waals surface area contributed by atoms with Crippen molar-refractivity contribution in [3.8, 4) is 0 Å². The predicted molar refractivity (Wildman–Crippen MR) is 99.4 cm³/mol. The van der Waals surface area contributed by atoms with Gasteiger partial charge in [-0.05, 0) is 36.0 Å². The Bertz CT molecular complexity index is 793. The number of amides is 2. The first kappa shape index (κ1) is 18.4. The number of hydrogen-bond acceptors (Lipinski definition) is 3. The number of nitrogens with one attached hydrogen (secondary N) is 2. The molecule has 0 aliphatic heterocycles. The third kappa shape index (κ3) is 4.23. The zero-order chi connectivity index (χ0) is 18.6. The van der Waals surface area contributed by atoms with Crippen LogP contribution in [0.2, 0.25) is 5.02 Å². The van der Waals surface area contributed by atoms with E-state index in [1.807, 2.05) is 36.4 Å². The summed E-state index contributed by atoms with van der Waals surface area (Å²) in [6, 6.07) is 16.3. The monoisotopic (exact) mass is 372 g/mol. The number of halogens is 1. The largest absolute Gasteiger partial charge is 0.383 e. The first-order valence-electron chi connectivity index (χ1n) is 8.58. The third-order valence-corrected chi connectivity index (χ3v) is 5.02. The van der Waals surface area contributed by atoms with Crippen molar-refractivity contribution in [2.24, 2.45) is 5.92 Å². The molecule has 3 N–H and O–H groups in total. The van der Waals surface area contributed by atoms with Crippen molar-refractivity contribution in [1.29, 1.82) is 0 Å². The summed E-state index contributed by atoms with van der Waals surface area (Å²) in [6.45, 7) is 0.164. The molecule has 1 aliphatic rings. The van der Waals surface area contributed by atoms with E-state index in [1.165, 1.54) is 0 Å². The highest BCUT2D eigenvalue weighted by Crippen LogP contribution is 2.45. The second kappa shape index (κ2) is 7.89. The topological polar surface area (TPSA) is 78.4 Å². The second-order valence-electron chi connectivity index (χ2n) is 6.52. The number of rotatable bonds is 6. The summed E-state index contributed by atoms with van der Waals surface area (Å²) < 4.78 is 0. The van der Waals surface area contributed by atoms with Gasteiger partial charge in [0, 0.05) is 11.6 Å². The molecule has 26 heavy (non-hydrogen) atoms. The highest BCUT2D eigenvalue weighted by atomic mass is 35.5. The molecule has 0 heterocycles. The molecule has 6 heteroatoms. The van der Waals surface area contributed by atoms with E-state index < -0.39 is 17.4 Å². The van der Waals surface area contributed by atoms with Crippen LogP contribution in [0.5, 0.6) is 0 Å². The lowest BCUT2D eigenvalue weighted by molar-refractivity contribution is -0.140. The van der Waals surface area contributed by atoms with Gasteiger partial charge in [0.1, 0.15) is 5.60 Å². The van der Waals surface area contributed by atoms with Crippen LogP contribution >= 0.6 is 11.6 Å². The molecule has 2 amide bonds. The molecule has 1 unspecified atom stereocenters. The molecule has 0 spiro atoms. The van der Waals surface area contributed by atoms with E-state index in [1.54, 1.807) is 18.2 Å². The van der Waals surface area contributed by atoms with Gasteiger partial charge in [0.05, 0.1) is 6.54 Å². The van der Waals surface area contributed by atoms with Crippen molar-refractivity contribution in [3.63, 3.8) is 0 Å². The van der Waals surface area contributed by atoms with Crippen LogP contribution in [0.1, 0.15) is 24.0 Å². The average Bonchev–Trinajstić information content (AvgIpc) is 3.51. The molecule has 0 radical (unpaired) electrons. The standard InChI is InChI=1S/C20H21ClN2O3/c21-17-9-5-4-6-14(17)12-22-18(24)19(25)23-13-20(26,16-10-11-16)15-7-2-1-3-8-15/h1-9,16,26H,10-13H2,(H,22,24)(H,23,25). The molecule has 1 atom stereocenters. The van der Waals surface area contributed by atoms with Crippen molar-refractivity contribution >= 4 is 23.4 Å². The summed E-state index contributed by atoms with van der Waals surface area (Å²) in [5.41, 5.74) is 0.327. The number of carbonyl (C=O) groups excluding carboxylic acids is 2. The molecule has 0 saturated heterocycles. The Morgan fingerprint density at radius 1 is 1.00 bits per heavy atom. The van der Waals surface area contributed by atoms with Crippen LogP contribution in [-0.4, -0.2) is 23.5 Å². The van der Waals surface area contributed by atoms with Crippen LogP contribution in [-0.2, 0) is 21.7 Å². The van der Waals surface area contributed by atoms with Gasteiger partial charge >= 0.3 is 11.8 Å². The molecule has 0 aromatic heterocycles. The Balaban J connectivity index is 1.57. The highest BCUT2D eigenvalue weighted by Gasteiger charge is 2.45. The fourth-order valence-corrected chi connectivity index (χ4v) is 3.17. The van der Waals surface area contributed by atoms with Gasteiger partial charge in [-0.25, -0.2) is 0 Å². The SMILES string of the molecule is O=C(NCc1ccccc1Cl)C(=O)NCC(O)(c1ccccc1)C1CC1. The summed E-state index contributed by atoms with van der Waals surface area (Å²) in [5, 5.41) is 16.7. The van der Waals surface area contributed by atoms with Gasteiger partial charge in [-0.3, -0.25) is 9.59 Å². The number of carbonyl (C=O) groups is 2. The summed E-state index contributed by atoms with van der Waals surface area (Å²) in [6.07, 6.45) is 1.81. The molecule has 3 rings (SSSR count). The van der Waals surface area contributed by atoms with Crippen molar-refractivity contribution in [3.05, 3.63) is 70.7 Å². The third-order valence-electron chi connectivity index (χ3n) is 4.65. The van der Waals surface area contributed by atoms with Crippen LogP contribution in [0.25, 0.3) is 0 Å². The Labute approximate surface area is 157 Å². The van der Waals surface area contributed by atoms with Crippen molar-refractivity contribution in [2.45, 2.75) is 25.0 Å². The predicted octanol–water partition coefficient (Wildman–Crippen LogP) is 2.37. The molecular weight excluding hydrogens is 352 g/mol. The Morgan fingerprint density at radius 2 is 1.62 bits per heavy atom. The van der Waals surface area contributed by atoms with E-state index >= 15 is 0 Å². The van der Waals surface area contributed by atoms with Crippen LogP contribution in [0, 0.1) is 5.92 Å². The van der Waals surface area contributed by atoms with Crippen molar-refractivity contribution < 1.29 is 14.7 Å². The Morgan fingerprint density at radius 3 is 2.27 bits per heavy atom. The van der Waals surface area contributed by atoms with Crippen LogP contribution in [0.4, 0.5) is 0 Å². The maximum Gasteiger partial charge on any atom is 0.309 e. The molecule has 1 saturated carbocycles. The minimum atomic E-state index is -1.15. The highest BCUT2D eigenvalue weighted by molar-refractivity contribution is 6.35. The summed E-state index contributed by atoms with van der Waals surface area (Å²) in [4.78, 5) is 24.1. The fraction of sp³-hybridized carbons (Fsp3) is 0.300. The fourth-order valence-electron chi connectivity index (χ4n) is 2.96. The van der Waals surface area contributed by atoms with Crippen LogP contribution in [0.15, 0.2) is 54.6 Å². The average molecular weight is 373 g/mol. The number of aliphatic hydroxyl groups is 1. The minimum Gasteiger partial charge on any atom is -0.383 e. The minimum absolute atomic E-state index is 0.0000263. The lowest BCUT2D eigenvalue weighted by Gasteiger charge is -2.29. The molecule has 0 bridgehead atoms. The smallest absolute Gasteiger partial charge is 0.309 e. The van der Waals surface area contributed by atoms with E-state index in [0.717, 1.165) is 24.0 Å². The quantitative estimate of drug-likeness (QED) is 0.681. The zero-order valence-corrected chi connectivity index (χ0v) is 15.0. The zero-order valence-electron chi connectivity index (χ0n) is 14.2. The molecule has 2 aromatic carbocycles. The molecule has 5 nitrogen and oxygen atoms in total. The van der Waals surface area contributed by atoms with Crippen molar-refractivity contribution in [1.82, 2.24) is 10.6 Å². The maximum atomic E-state index is 12.1. The normalized spacial score (nSPS) is 15.8. The Kier molecular flexibility index (Phi) is 5.59. The first-order valence-corrected chi connectivity index (χ1v) is 8.96. The van der Waals surface area contributed by atoms with E-state index in [-0.39, 0.29) is 19.0 Å². The molecule has 2 aromatic rings. The van der Waals surface area contributed by atoms with Gasteiger partial charge in [-0.1, -0.05) is 60.1 Å². The number of hydrogen-bond donors (Lipinski definition) is 3. The summed E-state index contributed by atoms with van der Waals surface area (Å²) in [5.74, 6) is -1.43. The maximum absolute atomic E-state index is 12.1. The molecule has 1 aliphatic carbocycles.